The summed E-state index contributed by atoms with van der Waals surface area (Å²) in [6, 6.07) is 7.21. The van der Waals surface area contributed by atoms with Gasteiger partial charge in [-0.15, -0.1) is 0 Å². The molecule has 0 atom stereocenters. The van der Waals surface area contributed by atoms with E-state index < -0.39 is 0 Å². The third-order valence-electron chi connectivity index (χ3n) is 3.81. The zero-order valence-electron chi connectivity index (χ0n) is 12.3. The fourth-order valence-electron chi connectivity index (χ4n) is 2.56. The molecule has 4 nitrogen and oxygen atoms in total. The lowest BCUT2D eigenvalue weighted by Crippen LogP contribution is -2.41. The monoisotopic (exact) mass is 308 g/mol. The number of nitrogens with zero attached hydrogens (tertiary/aromatic N) is 1. The number of para-hydroxylation sites is 1. The largest absolute Gasteiger partial charge is 0.343 e. The van der Waals surface area contributed by atoms with E-state index >= 15 is 0 Å². The molecule has 21 heavy (non-hydrogen) atoms. The van der Waals surface area contributed by atoms with Crippen molar-refractivity contribution >= 4 is 29.1 Å². The Balaban J connectivity index is 1.86. The minimum Gasteiger partial charge on any atom is -0.343 e. The van der Waals surface area contributed by atoms with E-state index in [9.17, 15) is 9.59 Å². The van der Waals surface area contributed by atoms with Gasteiger partial charge in [0, 0.05) is 25.4 Å². The zero-order valence-corrected chi connectivity index (χ0v) is 13.0. The highest BCUT2D eigenvalue weighted by atomic mass is 35.5. The zero-order chi connectivity index (χ0) is 15.2. The number of rotatable bonds is 4. The molecule has 0 radical (unpaired) electrons. The minimum absolute atomic E-state index is 0.00862. The number of hydrogen-bond acceptors (Lipinski definition) is 2. The van der Waals surface area contributed by atoms with Gasteiger partial charge in [-0.25, -0.2) is 0 Å². The molecule has 1 saturated heterocycles. The van der Waals surface area contributed by atoms with Crippen molar-refractivity contribution in [3.05, 3.63) is 29.3 Å². The lowest BCUT2D eigenvalue weighted by Gasteiger charge is -2.31. The Morgan fingerprint density at radius 3 is 2.57 bits per heavy atom. The van der Waals surface area contributed by atoms with E-state index in [1.165, 1.54) is 0 Å². The Morgan fingerprint density at radius 2 is 1.95 bits per heavy atom. The second-order valence-electron chi connectivity index (χ2n) is 5.37. The molecule has 114 valence electrons. The molecule has 1 heterocycles. The lowest BCUT2D eigenvalue weighted by atomic mass is 9.95. The highest BCUT2D eigenvalue weighted by Crippen LogP contribution is 2.24. The summed E-state index contributed by atoms with van der Waals surface area (Å²) in [7, 11) is 0. The van der Waals surface area contributed by atoms with Crippen LogP contribution in [0.2, 0.25) is 5.02 Å². The molecule has 1 fully saturated rings. The first-order valence-electron chi connectivity index (χ1n) is 7.45. The number of benzene rings is 1. The van der Waals surface area contributed by atoms with Crippen LogP contribution in [-0.4, -0.2) is 29.8 Å². The summed E-state index contributed by atoms with van der Waals surface area (Å²) in [5.41, 5.74) is 0.647. The Hall–Kier alpha value is -1.55. The summed E-state index contributed by atoms with van der Waals surface area (Å²) < 4.78 is 0. The van der Waals surface area contributed by atoms with Gasteiger partial charge in [-0.1, -0.05) is 30.7 Å². The standard InChI is InChI=1S/C16H21ClN2O2/c1-2-5-15(20)19-10-8-12(9-11-19)16(21)18-14-7-4-3-6-13(14)17/h3-4,6-7,12H,2,5,8-11H2,1H3,(H,18,21). The second-order valence-corrected chi connectivity index (χ2v) is 5.78. The van der Waals surface area contributed by atoms with E-state index in [1.54, 1.807) is 12.1 Å². The van der Waals surface area contributed by atoms with Crippen molar-refractivity contribution in [1.82, 2.24) is 4.90 Å². The van der Waals surface area contributed by atoms with Gasteiger partial charge < -0.3 is 10.2 Å². The number of anilines is 1. The van der Waals surface area contributed by atoms with Crippen LogP contribution in [0.15, 0.2) is 24.3 Å². The summed E-state index contributed by atoms with van der Waals surface area (Å²) in [5.74, 6) is 0.139. The number of carbonyl (C=O) groups excluding carboxylic acids is 2. The van der Waals surface area contributed by atoms with Crippen LogP contribution in [0.3, 0.4) is 0 Å². The number of amides is 2. The minimum atomic E-state index is -0.0491. The smallest absolute Gasteiger partial charge is 0.227 e. The van der Waals surface area contributed by atoms with Crippen molar-refractivity contribution in [2.75, 3.05) is 18.4 Å². The van der Waals surface area contributed by atoms with Gasteiger partial charge in [0.05, 0.1) is 10.7 Å². The van der Waals surface area contributed by atoms with Crippen molar-refractivity contribution in [3.63, 3.8) is 0 Å². The average molecular weight is 309 g/mol. The number of likely N-dealkylation sites (tertiary alicyclic amines) is 1. The molecule has 0 spiro atoms. The number of halogens is 1. The average Bonchev–Trinajstić information content (AvgIpc) is 2.50. The highest BCUT2D eigenvalue weighted by Gasteiger charge is 2.27. The normalized spacial score (nSPS) is 15.8. The van der Waals surface area contributed by atoms with Crippen LogP contribution >= 0.6 is 11.6 Å². The molecule has 0 aliphatic carbocycles. The molecule has 0 unspecified atom stereocenters. The fourth-order valence-corrected chi connectivity index (χ4v) is 2.74. The Morgan fingerprint density at radius 1 is 1.29 bits per heavy atom. The molecule has 1 N–H and O–H groups in total. The lowest BCUT2D eigenvalue weighted by molar-refractivity contribution is -0.134. The molecular formula is C16H21ClN2O2. The van der Waals surface area contributed by atoms with Crippen LogP contribution in [0.1, 0.15) is 32.6 Å². The van der Waals surface area contributed by atoms with E-state index in [-0.39, 0.29) is 17.7 Å². The van der Waals surface area contributed by atoms with Gasteiger partial charge in [-0.2, -0.15) is 0 Å². The number of hydrogen-bond donors (Lipinski definition) is 1. The van der Waals surface area contributed by atoms with Crippen molar-refractivity contribution < 1.29 is 9.59 Å². The molecule has 1 aromatic carbocycles. The Bertz CT molecular complexity index is 511. The topological polar surface area (TPSA) is 49.4 Å². The molecule has 1 aromatic rings. The van der Waals surface area contributed by atoms with E-state index in [0.717, 1.165) is 6.42 Å². The molecule has 0 bridgehead atoms. The third kappa shape index (κ3) is 4.21. The van der Waals surface area contributed by atoms with Crippen molar-refractivity contribution in [3.8, 4) is 0 Å². The predicted molar refractivity (Wildman–Crippen MR) is 84.3 cm³/mol. The summed E-state index contributed by atoms with van der Waals surface area (Å²) >= 11 is 6.04. The Kier molecular flexibility index (Phi) is 5.62. The highest BCUT2D eigenvalue weighted by molar-refractivity contribution is 6.33. The Labute approximate surface area is 130 Å². The van der Waals surface area contributed by atoms with Crippen LogP contribution in [0.4, 0.5) is 5.69 Å². The van der Waals surface area contributed by atoms with Crippen LogP contribution in [-0.2, 0) is 9.59 Å². The van der Waals surface area contributed by atoms with E-state index in [1.807, 2.05) is 24.0 Å². The molecule has 1 aliphatic rings. The van der Waals surface area contributed by atoms with Gasteiger partial charge in [-0.05, 0) is 31.4 Å². The maximum absolute atomic E-state index is 12.2. The molecule has 5 heteroatoms. The number of carbonyl (C=O) groups is 2. The van der Waals surface area contributed by atoms with Gasteiger partial charge in [0.25, 0.3) is 0 Å². The first-order chi connectivity index (χ1) is 10.1. The number of piperidine rings is 1. The molecule has 0 aromatic heterocycles. The van der Waals surface area contributed by atoms with Crippen molar-refractivity contribution in [2.45, 2.75) is 32.6 Å². The second kappa shape index (κ2) is 7.46. The molecule has 2 rings (SSSR count). The molecule has 2 amide bonds. The van der Waals surface area contributed by atoms with E-state index in [2.05, 4.69) is 5.32 Å². The molecule has 0 saturated carbocycles. The van der Waals surface area contributed by atoms with Crippen molar-refractivity contribution in [1.29, 1.82) is 0 Å². The summed E-state index contributed by atoms with van der Waals surface area (Å²) in [5, 5.41) is 3.42. The third-order valence-corrected chi connectivity index (χ3v) is 4.14. The first-order valence-corrected chi connectivity index (χ1v) is 7.82. The maximum Gasteiger partial charge on any atom is 0.227 e. The number of nitrogens with one attached hydrogen (secondary N) is 1. The van der Waals surface area contributed by atoms with Gasteiger partial charge in [0.2, 0.25) is 11.8 Å². The SMILES string of the molecule is CCCC(=O)N1CCC(C(=O)Nc2ccccc2Cl)CC1. The summed E-state index contributed by atoms with van der Waals surface area (Å²) in [6.07, 6.45) is 2.89. The maximum atomic E-state index is 12.2. The van der Waals surface area contributed by atoms with Gasteiger partial charge >= 0.3 is 0 Å². The van der Waals surface area contributed by atoms with Crippen LogP contribution in [0.5, 0.6) is 0 Å². The quantitative estimate of drug-likeness (QED) is 0.927. The van der Waals surface area contributed by atoms with E-state index in [0.29, 0.717) is 43.1 Å². The first kappa shape index (κ1) is 15.8. The van der Waals surface area contributed by atoms with E-state index in [4.69, 9.17) is 11.6 Å². The summed E-state index contributed by atoms with van der Waals surface area (Å²) in [6.45, 7) is 3.33. The van der Waals surface area contributed by atoms with Gasteiger partial charge in [0.15, 0.2) is 0 Å². The predicted octanol–water partition coefficient (Wildman–Crippen LogP) is 3.32. The van der Waals surface area contributed by atoms with Gasteiger partial charge in [-0.3, -0.25) is 9.59 Å². The fraction of sp³-hybridized carbons (Fsp3) is 0.500. The van der Waals surface area contributed by atoms with Crippen LogP contribution < -0.4 is 5.32 Å². The van der Waals surface area contributed by atoms with Crippen molar-refractivity contribution in [2.24, 2.45) is 5.92 Å². The summed E-state index contributed by atoms with van der Waals surface area (Å²) in [4.78, 5) is 25.9. The molecule has 1 aliphatic heterocycles. The van der Waals surface area contributed by atoms with Crippen LogP contribution in [0, 0.1) is 5.92 Å². The van der Waals surface area contributed by atoms with Crippen LogP contribution in [0.25, 0.3) is 0 Å². The molecular weight excluding hydrogens is 288 g/mol. The van der Waals surface area contributed by atoms with Gasteiger partial charge in [0.1, 0.15) is 0 Å².